The molecule has 1 N–H and O–H groups in total. The second kappa shape index (κ2) is 8.94. The molecule has 1 heterocycles. The second-order valence-corrected chi connectivity index (χ2v) is 9.58. The summed E-state index contributed by atoms with van der Waals surface area (Å²) < 4.78 is 40.0. The molecule has 0 atom stereocenters. The summed E-state index contributed by atoms with van der Waals surface area (Å²) >= 11 is 7.72. The van der Waals surface area contributed by atoms with Crippen LogP contribution in [0.1, 0.15) is 15.2 Å². The van der Waals surface area contributed by atoms with Crippen molar-refractivity contribution in [3.05, 3.63) is 81.3 Å². The first-order chi connectivity index (χ1) is 13.8. The lowest BCUT2D eigenvalue weighted by Crippen LogP contribution is -2.28. The number of halogens is 2. The van der Waals surface area contributed by atoms with Crippen LogP contribution < -0.4 is 9.62 Å². The third-order valence-corrected chi connectivity index (χ3v) is 7.32. The number of carbonyl (C=O) groups is 1. The minimum atomic E-state index is -3.96. The molecule has 9 heteroatoms. The van der Waals surface area contributed by atoms with Gasteiger partial charge < -0.3 is 5.32 Å². The molecule has 3 rings (SSSR count). The molecule has 1 aromatic heterocycles. The smallest absolute Gasteiger partial charge is 0.264 e. The van der Waals surface area contributed by atoms with Crippen LogP contribution in [0.5, 0.6) is 0 Å². The Morgan fingerprint density at radius 3 is 2.55 bits per heavy atom. The minimum absolute atomic E-state index is 0.0754. The van der Waals surface area contributed by atoms with Crippen molar-refractivity contribution in [2.24, 2.45) is 0 Å². The molecule has 0 aliphatic carbocycles. The summed E-state index contributed by atoms with van der Waals surface area (Å²) in [6.45, 7) is 0.405. The maximum Gasteiger partial charge on any atom is 0.264 e. The zero-order valence-corrected chi connectivity index (χ0v) is 17.8. The van der Waals surface area contributed by atoms with Gasteiger partial charge in [-0.05, 0) is 60.3 Å². The molecule has 2 aromatic carbocycles. The Morgan fingerprint density at radius 1 is 1.17 bits per heavy atom. The second-order valence-electron chi connectivity index (χ2n) is 6.18. The number of anilines is 1. The highest BCUT2D eigenvalue weighted by Gasteiger charge is 2.23. The van der Waals surface area contributed by atoms with Crippen LogP contribution in [0.25, 0.3) is 0 Å². The molecular weight excluding hydrogens is 435 g/mol. The quantitative estimate of drug-likeness (QED) is 0.580. The fourth-order valence-corrected chi connectivity index (χ4v) is 4.77. The van der Waals surface area contributed by atoms with Crippen LogP contribution in [-0.4, -0.2) is 27.9 Å². The molecule has 5 nitrogen and oxygen atoms in total. The normalized spacial score (nSPS) is 11.3. The van der Waals surface area contributed by atoms with Gasteiger partial charge in [-0.3, -0.25) is 9.10 Å². The van der Waals surface area contributed by atoms with Crippen LogP contribution in [0.2, 0.25) is 5.02 Å². The fraction of sp³-hybridized carbons (Fsp3) is 0.150. The van der Waals surface area contributed by atoms with Crippen LogP contribution >= 0.6 is 22.9 Å². The van der Waals surface area contributed by atoms with Crippen molar-refractivity contribution >= 4 is 44.6 Å². The average Bonchev–Trinajstić information content (AvgIpc) is 3.21. The number of hydrogen-bond acceptors (Lipinski definition) is 4. The van der Waals surface area contributed by atoms with Gasteiger partial charge in [0, 0.05) is 18.5 Å². The van der Waals surface area contributed by atoms with Crippen molar-refractivity contribution < 1.29 is 17.6 Å². The summed E-state index contributed by atoms with van der Waals surface area (Å²) in [6.07, 6.45) is 0.673. The van der Waals surface area contributed by atoms with Gasteiger partial charge >= 0.3 is 0 Å². The van der Waals surface area contributed by atoms with Crippen LogP contribution in [0.4, 0.5) is 10.1 Å². The van der Waals surface area contributed by atoms with Gasteiger partial charge in [0.1, 0.15) is 5.82 Å². The van der Waals surface area contributed by atoms with Crippen molar-refractivity contribution in [1.82, 2.24) is 5.32 Å². The Balaban J connectivity index is 1.79. The molecule has 0 aliphatic rings. The van der Waals surface area contributed by atoms with E-state index in [1.54, 1.807) is 11.3 Å². The number of rotatable bonds is 7. The largest absolute Gasteiger partial charge is 0.352 e. The van der Waals surface area contributed by atoms with Crippen LogP contribution in [0.15, 0.2) is 64.9 Å². The first kappa shape index (κ1) is 21.3. The lowest BCUT2D eigenvalue weighted by molar-refractivity contribution is 0.0954. The Labute approximate surface area is 177 Å². The highest BCUT2D eigenvalue weighted by molar-refractivity contribution is 7.92. The van der Waals surface area contributed by atoms with Crippen molar-refractivity contribution in [3.8, 4) is 0 Å². The van der Waals surface area contributed by atoms with E-state index in [0.717, 1.165) is 9.18 Å². The zero-order valence-electron chi connectivity index (χ0n) is 15.4. The Kier molecular flexibility index (Phi) is 6.56. The summed E-state index contributed by atoms with van der Waals surface area (Å²) in [7, 11) is -2.60. The van der Waals surface area contributed by atoms with Crippen molar-refractivity contribution in [2.75, 3.05) is 17.9 Å². The standard InChI is InChI=1S/C20H18ClFN2O3S2/c1-24(15-6-4-14(22)5-7-15)29(26,27)17-8-9-19(21)18(13-17)20(25)23-11-10-16-3-2-12-28-16/h2-9,12-13H,10-11H2,1H3,(H,23,25). The predicted octanol–water partition coefficient (Wildman–Crippen LogP) is 4.34. The number of nitrogens with one attached hydrogen (secondary N) is 1. The first-order valence-corrected chi connectivity index (χ1v) is 11.3. The Morgan fingerprint density at radius 2 is 1.90 bits per heavy atom. The average molecular weight is 453 g/mol. The molecule has 0 bridgehead atoms. The molecule has 0 saturated heterocycles. The van der Waals surface area contributed by atoms with Crippen LogP contribution in [0.3, 0.4) is 0 Å². The van der Waals surface area contributed by atoms with Crippen molar-refractivity contribution in [3.63, 3.8) is 0 Å². The summed E-state index contributed by atoms with van der Waals surface area (Å²) in [5.41, 5.74) is 0.370. The minimum Gasteiger partial charge on any atom is -0.352 e. The van der Waals surface area contributed by atoms with Crippen LogP contribution in [-0.2, 0) is 16.4 Å². The number of carbonyl (C=O) groups excluding carboxylic acids is 1. The van der Waals surface area contributed by atoms with E-state index in [1.165, 1.54) is 49.5 Å². The summed E-state index contributed by atoms with van der Waals surface area (Å²) in [6, 6.07) is 12.9. The monoisotopic (exact) mass is 452 g/mol. The van der Waals surface area contributed by atoms with Gasteiger partial charge in [0.25, 0.3) is 15.9 Å². The van der Waals surface area contributed by atoms with Crippen molar-refractivity contribution in [1.29, 1.82) is 0 Å². The number of nitrogens with zero attached hydrogens (tertiary/aromatic N) is 1. The molecule has 29 heavy (non-hydrogen) atoms. The van der Waals surface area contributed by atoms with Crippen LogP contribution in [0, 0.1) is 5.82 Å². The van der Waals surface area contributed by atoms with Crippen molar-refractivity contribution in [2.45, 2.75) is 11.3 Å². The number of hydrogen-bond donors (Lipinski definition) is 1. The predicted molar refractivity (Wildman–Crippen MR) is 114 cm³/mol. The maximum atomic E-state index is 13.1. The van der Waals surface area contributed by atoms with Gasteiger partial charge in [0.05, 0.1) is 21.2 Å². The SMILES string of the molecule is CN(c1ccc(F)cc1)S(=O)(=O)c1ccc(Cl)c(C(=O)NCCc2cccs2)c1. The molecule has 0 spiro atoms. The van der Waals surface area contributed by atoms with E-state index in [4.69, 9.17) is 11.6 Å². The summed E-state index contributed by atoms with van der Waals surface area (Å²) in [4.78, 5) is 13.6. The van der Waals surface area contributed by atoms with E-state index in [2.05, 4.69) is 5.32 Å². The van der Waals surface area contributed by atoms with Gasteiger partial charge in [0.2, 0.25) is 0 Å². The van der Waals surface area contributed by atoms with Gasteiger partial charge in [-0.15, -0.1) is 11.3 Å². The lowest BCUT2D eigenvalue weighted by Gasteiger charge is -2.20. The number of benzene rings is 2. The Hall–Kier alpha value is -2.42. The molecule has 0 saturated carbocycles. The molecule has 1 amide bonds. The highest BCUT2D eigenvalue weighted by atomic mass is 35.5. The first-order valence-electron chi connectivity index (χ1n) is 8.63. The van der Waals surface area contributed by atoms with E-state index < -0.39 is 21.7 Å². The van der Waals surface area contributed by atoms with E-state index in [9.17, 15) is 17.6 Å². The van der Waals surface area contributed by atoms with Gasteiger partial charge in [-0.2, -0.15) is 0 Å². The molecule has 152 valence electrons. The van der Waals surface area contributed by atoms with E-state index >= 15 is 0 Å². The van der Waals surface area contributed by atoms with Gasteiger partial charge in [-0.1, -0.05) is 17.7 Å². The molecule has 0 radical (unpaired) electrons. The lowest BCUT2D eigenvalue weighted by atomic mass is 10.2. The van der Waals surface area contributed by atoms with E-state index in [0.29, 0.717) is 18.7 Å². The number of amides is 1. The molecule has 0 aliphatic heterocycles. The Bertz CT molecular complexity index is 1100. The third kappa shape index (κ3) is 4.95. The summed E-state index contributed by atoms with van der Waals surface area (Å²) in [5.74, 6) is -0.916. The zero-order chi connectivity index (χ0) is 21.0. The third-order valence-electron chi connectivity index (χ3n) is 4.27. The number of sulfonamides is 1. The molecule has 0 fully saturated rings. The highest BCUT2D eigenvalue weighted by Crippen LogP contribution is 2.26. The topological polar surface area (TPSA) is 66.5 Å². The molecule has 3 aromatic rings. The van der Waals surface area contributed by atoms with E-state index in [-0.39, 0.29) is 15.5 Å². The van der Waals surface area contributed by atoms with Gasteiger partial charge in [0.15, 0.2) is 0 Å². The number of thiophene rings is 1. The van der Waals surface area contributed by atoms with E-state index in [1.807, 2.05) is 17.5 Å². The molecule has 0 unspecified atom stereocenters. The summed E-state index contributed by atoms with van der Waals surface area (Å²) in [5, 5.41) is 4.87. The fourth-order valence-electron chi connectivity index (χ4n) is 2.64. The van der Waals surface area contributed by atoms with Gasteiger partial charge in [-0.25, -0.2) is 12.8 Å². The maximum absolute atomic E-state index is 13.1. The molecular formula is C20H18ClFN2O3S2.